The minimum atomic E-state index is -0.385. The van der Waals surface area contributed by atoms with Gasteiger partial charge in [-0.05, 0) is 42.8 Å². The van der Waals surface area contributed by atoms with Gasteiger partial charge >= 0.3 is 5.97 Å². The van der Waals surface area contributed by atoms with Crippen molar-refractivity contribution in [3.63, 3.8) is 0 Å². The molecule has 7 heteroatoms. The minimum Gasteiger partial charge on any atom is -0.491 e. The van der Waals surface area contributed by atoms with Crippen LogP contribution in [0.5, 0.6) is 5.75 Å². The van der Waals surface area contributed by atoms with E-state index in [4.69, 9.17) is 10.00 Å². The number of nitriles is 1. The zero-order valence-electron chi connectivity index (χ0n) is 14.8. The molecule has 1 aromatic carbocycles. The van der Waals surface area contributed by atoms with E-state index in [0.717, 1.165) is 11.3 Å². The topological polar surface area (TPSA) is 101 Å². The summed E-state index contributed by atoms with van der Waals surface area (Å²) >= 11 is 0. The van der Waals surface area contributed by atoms with Gasteiger partial charge in [0.15, 0.2) is 0 Å². The van der Waals surface area contributed by atoms with Crippen molar-refractivity contribution in [3.05, 3.63) is 48.2 Å². The average Bonchev–Trinajstić information content (AvgIpc) is 3.06. The number of amides is 1. The summed E-state index contributed by atoms with van der Waals surface area (Å²) in [6, 6.07) is 12.9. The highest BCUT2D eigenvalue weighted by molar-refractivity contribution is 5.85. The Morgan fingerprint density at radius 3 is 2.70 bits per heavy atom. The molecule has 1 aliphatic rings. The third kappa shape index (κ3) is 4.61. The molecule has 2 atom stereocenters. The van der Waals surface area contributed by atoms with Gasteiger partial charge in [-0.3, -0.25) is 14.6 Å². The van der Waals surface area contributed by atoms with Crippen LogP contribution in [0.2, 0.25) is 0 Å². The van der Waals surface area contributed by atoms with Crippen LogP contribution >= 0.6 is 0 Å². The number of aromatic nitrogens is 1. The van der Waals surface area contributed by atoms with Crippen LogP contribution in [0.4, 0.5) is 0 Å². The summed E-state index contributed by atoms with van der Waals surface area (Å²) in [4.78, 5) is 27.5. The van der Waals surface area contributed by atoms with Gasteiger partial charge in [-0.2, -0.15) is 5.26 Å². The first-order valence-electron chi connectivity index (χ1n) is 8.55. The Labute approximate surface area is 156 Å². The molecule has 0 aliphatic carbocycles. The van der Waals surface area contributed by atoms with E-state index in [0.29, 0.717) is 24.3 Å². The van der Waals surface area contributed by atoms with Gasteiger partial charge in [0.2, 0.25) is 5.91 Å². The molecule has 2 aromatic rings. The third-order valence-corrected chi connectivity index (χ3v) is 4.42. The number of hydrogen-bond acceptors (Lipinski definition) is 6. The number of esters is 1. The molecule has 138 valence electrons. The Bertz CT molecular complexity index is 856. The Morgan fingerprint density at radius 1 is 1.30 bits per heavy atom. The molecule has 3 rings (SSSR count). The van der Waals surface area contributed by atoms with E-state index in [9.17, 15) is 9.59 Å². The maximum absolute atomic E-state index is 11.9. The highest BCUT2D eigenvalue weighted by atomic mass is 16.5. The Balaban J connectivity index is 1.54. The Hall–Kier alpha value is -3.40. The molecular weight excluding hydrogens is 346 g/mol. The first-order chi connectivity index (χ1) is 13.1. The highest BCUT2D eigenvalue weighted by Gasteiger charge is 2.34. The smallest absolute Gasteiger partial charge is 0.306 e. The molecule has 1 saturated heterocycles. The molecule has 2 heterocycles. The first-order valence-corrected chi connectivity index (χ1v) is 8.55. The average molecular weight is 365 g/mol. The van der Waals surface area contributed by atoms with Crippen LogP contribution in [0.3, 0.4) is 0 Å². The van der Waals surface area contributed by atoms with Gasteiger partial charge in [0.05, 0.1) is 36.7 Å². The Morgan fingerprint density at radius 2 is 2.07 bits per heavy atom. The fourth-order valence-corrected chi connectivity index (χ4v) is 2.95. The van der Waals surface area contributed by atoms with E-state index in [2.05, 4.69) is 15.0 Å². The van der Waals surface area contributed by atoms with Gasteiger partial charge in [0.1, 0.15) is 18.4 Å². The molecule has 0 saturated carbocycles. The van der Waals surface area contributed by atoms with E-state index in [-0.39, 0.29) is 30.3 Å². The second-order valence-electron chi connectivity index (χ2n) is 6.30. The number of pyridine rings is 1. The molecule has 1 aliphatic heterocycles. The van der Waals surface area contributed by atoms with E-state index in [1.165, 1.54) is 13.3 Å². The summed E-state index contributed by atoms with van der Waals surface area (Å²) in [5, 5.41) is 11.7. The van der Waals surface area contributed by atoms with Crippen molar-refractivity contribution < 1.29 is 19.1 Å². The number of nitrogens with one attached hydrogen (secondary N) is 1. The summed E-state index contributed by atoms with van der Waals surface area (Å²) in [6.07, 6.45) is 2.17. The van der Waals surface area contributed by atoms with Crippen molar-refractivity contribution in [3.8, 4) is 23.1 Å². The molecule has 27 heavy (non-hydrogen) atoms. The number of rotatable bonds is 6. The van der Waals surface area contributed by atoms with Crippen LogP contribution in [-0.2, 0) is 14.3 Å². The molecule has 1 N–H and O–H groups in total. The lowest BCUT2D eigenvalue weighted by atomic mass is 10.0. The van der Waals surface area contributed by atoms with E-state index >= 15 is 0 Å². The number of hydrogen-bond donors (Lipinski definition) is 1. The lowest BCUT2D eigenvalue weighted by molar-refractivity contribution is -0.143. The fraction of sp³-hybridized carbons (Fsp3) is 0.300. The maximum Gasteiger partial charge on any atom is 0.306 e. The summed E-state index contributed by atoms with van der Waals surface area (Å²) in [6.45, 7) is 0.331. The van der Waals surface area contributed by atoms with E-state index in [1.54, 1.807) is 12.1 Å². The molecule has 0 bridgehead atoms. The van der Waals surface area contributed by atoms with Gasteiger partial charge in [-0.15, -0.1) is 0 Å². The molecule has 7 nitrogen and oxygen atoms in total. The van der Waals surface area contributed by atoms with Gasteiger partial charge in [0.25, 0.3) is 0 Å². The van der Waals surface area contributed by atoms with Gasteiger partial charge in [-0.25, -0.2) is 0 Å². The van der Waals surface area contributed by atoms with Crippen LogP contribution in [0.15, 0.2) is 42.6 Å². The zero-order valence-corrected chi connectivity index (χ0v) is 14.8. The second kappa shape index (κ2) is 8.32. The minimum absolute atomic E-state index is 0.0884. The van der Waals surface area contributed by atoms with Crippen LogP contribution in [-0.4, -0.2) is 36.6 Å². The molecule has 0 spiro atoms. The van der Waals surface area contributed by atoms with Gasteiger partial charge in [0, 0.05) is 11.8 Å². The van der Waals surface area contributed by atoms with E-state index in [1.807, 2.05) is 30.3 Å². The van der Waals surface area contributed by atoms with Crippen molar-refractivity contribution >= 4 is 11.9 Å². The molecule has 1 amide bonds. The van der Waals surface area contributed by atoms with E-state index < -0.39 is 0 Å². The van der Waals surface area contributed by atoms with Crippen molar-refractivity contribution in [1.82, 2.24) is 10.3 Å². The number of nitrogens with zero attached hydrogens (tertiary/aromatic N) is 2. The monoisotopic (exact) mass is 365 g/mol. The first kappa shape index (κ1) is 18.4. The third-order valence-electron chi connectivity index (χ3n) is 4.42. The van der Waals surface area contributed by atoms with Gasteiger partial charge < -0.3 is 14.8 Å². The predicted octanol–water partition coefficient (Wildman–Crippen LogP) is 2.07. The largest absolute Gasteiger partial charge is 0.491 e. The molecular formula is C20H19N3O4. The quantitative estimate of drug-likeness (QED) is 0.787. The number of carbonyl (C=O) groups excluding carboxylic acids is 2. The summed E-state index contributed by atoms with van der Waals surface area (Å²) in [5.74, 6) is -0.214. The van der Waals surface area contributed by atoms with Crippen molar-refractivity contribution in [2.24, 2.45) is 5.92 Å². The summed E-state index contributed by atoms with van der Waals surface area (Å²) in [5.41, 5.74) is 2.20. The van der Waals surface area contributed by atoms with Crippen molar-refractivity contribution in [1.29, 1.82) is 5.26 Å². The molecule has 1 aromatic heterocycles. The van der Waals surface area contributed by atoms with Crippen LogP contribution < -0.4 is 10.1 Å². The summed E-state index contributed by atoms with van der Waals surface area (Å²) in [7, 11) is 1.31. The maximum atomic E-state index is 11.9. The lowest BCUT2D eigenvalue weighted by Gasteiger charge is -2.12. The van der Waals surface area contributed by atoms with Crippen molar-refractivity contribution in [2.45, 2.75) is 18.9 Å². The normalized spacial score (nSPS) is 18.4. The SMILES string of the molecule is COC(=O)C[C@@H]1C[C@@H](COc2ccc(-c3ccc(C#N)cn3)cc2)NC1=O. The molecule has 0 unspecified atom stereocenters. The predicted molar refractivity (Wildman–Crippen MR) is 96.6 cm³/mol. The van der Waals surface area contributed by atoms with Gasteiger partial charge in [-0.1, -0.05) is 0 Å². The molecule has 1 fully saturated rings. The Kier molecular flexibility index (Phi) is 5.67. The van der Waals surface area contributed by atoms with Crippen molar-refractivity contribution in [2.75, 3.05) is 13.7 Å². The second-order valence-corrected chi connectivity index (χ2v) is 6.30. The van der Waals surface area contributed by atoms with Crippen LogP contribution in [0.1, 0.15) is 18.4 Å². The van der Waals surface area contributed by atoms with Crippen LogP contribution in [0, 0.1) is 17.2 Å². The standard InChI is InChI=1S/C20H19N3O4/c1-26-19(24)9-15-8-16(23-20(15)25)12-27-17-5-3-14(4-6-17)18-7-2-13(10-21)11-22-18/h2-7,11,15-16H,8-9,12H2,1H3,(H,23,25)/t15-,16-/m0/s1. The lowest BCUT2D eigenvalue weighted by Crippen LogP contribution is -2.31. The summed E-state index contributed by atoms with van der Waals surface area (Å²) < 4.78 is 10.4. The van der Waals surface area contributed by atoms with Crippen LogP contribution in [0.25, 0.3) is 11.3 Å². The number of benzene rings is 1. The molecule has 0 radical (unpaired) electrons. The fourth-order valence-electron chi connectivity index (χ4n) is 2.95. The number of ether oxygens (including phenoxy) is 2. The number of methoxy groups -OCH3 is 1. The number of carbonyl (C=O) groups is 2. The highest BCUT2D eigenvalue weighted by Crippen LogP contribution is 2.23. The zero-order chi connectivity index (χ0) is 19.2.